The van der Waals surface area contributed by atoms with Gasteiger partial charge in [-0.3, -0.25) is 4.79 Å². The highest BCUT2D eigenvalue weighted by Crippen LogP contribution is 2.29. The average Bonchev–Trinajstić information content (AvgIpc) is 3.16. The van der Waals surface area contributed by atoms with Crippen molar-refractivity contribution in [2.24, 2.45) is 0 Å². The summed E-state index contributed by atoms with van der Waals surface area (Å²) >= 11 is 4.80. The molecule has 1 aromatic heterocycles. The molecule has 8 nitrogen and oxygen atoms in total. The molecule has 0 radical (unpaired) electrons. The normalized spacial score (nSPS) is 11.6. The number of halogens is 1. The molecule has 0 fully saturated rings. The number of amides is 1. The van der Waals surface area contributed by atoms with E-state index in [2.05, 4.69) is 31.4 Å². The summed E-state index contributed by atoms with van der Waals surface area (Å²) in [7, 11) is -2.42. The molecule has 0 saturated heterocycles. The maximum absolute atomic E-state index is 13.0. The Morgan fingerprint density at radius 2 is 2.03 bits per heavy atom. The van der Waals surface area contributed by atoms with Crippen LogP contribution >= 0.6 is 27.7 Å². The van der Waals surface area contributed by atoms with E-state index in [9.17, 15) is 13.2 Å². The first kappa shape index (κ1) is 22.5. The van der Waals surface area contributed by atoms with E-state index in [4.69, 9.17) is 4.52 Å². The monoisotopic (exact) mass is 510 g/mol. The number of benzene rings is 2. The molecule has 0 aliphatic heterocycles. The van der Waals surface area contributed by atoms with E-state index < -0.39 is 10.0 Å². The number of sulfonamides is 1. The van der Waals surface area contributed by atoms with E-state index in [-0.39, 0.29) is 23.2 Å². The van der Waals surface area contributed by atoms with Crippen molar-refractivity contribution in [2.45, 2.75) is 23.3 Å². The molecular weight excluding hydrogens is 492 g/mol. The first-order valence-corrected chi connectivity index (χ1v) is 12.2. The molecule has 158 valence electrons. The van der Waals surface area contributed by atoms with E-state index in [0.717, 1.165) is 19.2 Å². The van der Waals surface area contributed by atoms with Crippen molar-refractivity contribution in [1.29, 1.82) is 0 Å². The zero-order valence-corrected chi connectivity index (χ0v) is 19.6. The van der Waals surface area contributed by atoms with Gasteiger partial charge in [-0.05, 0) is 36.6 Å². The molecule has 11 heteroatoms. The molecule has 1 amide bonds. The van der Waals surface area contributed by atoms with Gasteiger partial charge in [0.15, 0.2) is 0 Å². The van der Waals surface area contributed by atoms with Crippen LogP contribution in [0.5, 0.6) is 0 Å². The van der Waals surface area contributed by atoms with E-state index in [0.29, 0.717) is 11.5 Å². The topological polar surface area (TPSA) is 105 Å². The zero-order chi connectivity index (χ0) is 21.9. The highest BCUT2D eigenvalue weighted by Gasteiger charge is 2.24. The molecule has 0 atom stereocenters. The van der Waals surface area contributed by atoms with Gasteiger partial charge in [-0.25, -0.2) is 8.42 Å². The second kappa shape index (κ2) is 9.29. The first-order chi connectivity index (χ1) is 14.2. The van der Waals surface area contributed by atoms with Gasteiger partial charge in [-0.1, -0.05) is 33.2 Å². The Morgan fingerprint density at radius 3 is 2.70 bits per heavy atom. The number of carbonyl (C=O) groups is 1. The molecule has 0 saturated carbocycles. The number of carbonyl (C=O) groups excluding carboxylic acids is 1. The van der Waals surface area contributed by atoms with Gasteiger partial charge in [-0.15, -0.1) is 11.8 Å². The minimum absolute atomic E-state index is 0.0540. The summed E-state index contributed by atoms with van der Waals surface area (Å²) in [4.78, 5) is 16.6. The summed E-state index contributed by atoms with van der Waals surface area (Å²) in [6.07, 6.45) is 1.85. The third-order valence-corrected chi connectivity index (χ3v) is 7.19. The van der Waals surface area contributed by atoms with Crippen molar-refractivity contribution in [2.75, 3.05) is 18.6 Å². The first-order valence-electron chi connectivity index (χ1n) is 8.71. The lowest BCUT2D eigenvalue weighted by atomic mass is 10.2. The maximum Gasteiger partial charge on any atom is 0.243 e. The highest BCUT2D eigenvalue weighted by molar-refractivity contribution is 9.10. The Hall–Kier alpha value is -2.21. The fourth-order valence-electron chi connectivity index (χ4n) is 2.65. The molecule has 0 unspecified atom stereocenters. The van der Waals surface area contributed by atoms with Crippen molar-refractivity contribution in [3.05, 3.63) is 52.8 Å². The van der Waals surface area contributed by atoms with Gasteiger partial charge in [0, 0.05) is 28.9 Å². The molecule has 0 bridgehead atoms. The van der Waals surface area contributed by atoms with Crippen LogP contribution in [-0.4, -0.2) is 42.1 Å². The van der Waals surface area contributed by atoms with Gasteiger partial charge in [0.2, 0.25) is 27.6 Å². The zero-order valence-electron chi connectivity index (χ0n) is 16.4. The van der Waals surface area contributed by atoms with Gasteiger partial charge in [0.1, 0.15) is 0 Å². The Labute approximate surface area is 187 Å². The second-order valence-corrected chi connectivity index (χ2v) is 10.1. The smallest absolute Gasteiger partial charge is 0.243 e. The number of anilines is 1. The van der Waals surface area contributed by atoms with E-state index >= 15 is 0 Å². The van der Waals surface area contributed by atoms with Crippen LogP contribution in [0.2, 0.25) is 0 Å². The average molecular weight is 511 g/mol. The Morgan fingerprint density at radius 1 is 1.27 bits per heavy atom. The summed E-state index contributed by atoms with van der Waals surface area (Å²) in [5.74, 6) is 0.257. The predicted octanol–water partition coefficient (Wildman–Crippen LogP) is 4.00. The Balaban J connectivity index is 1.83. The number of nitrogens with zero attached hydrogens (tertiary/aromatic N) is 3. The lowest BCUT2D eigenvalue weighted by molar-refractivity contribution is -0.114. The standard InChI is InChI=1S/C19H19BrN4O4S2/c1-12(25)21-16-10-15(7-8-17(16)29-3)30(26,27)24(2)11-18-22-19(23-28-18)13-5-4-6-14(20)9-13/h4-10H,11H2,1-3H3,(H,21,25). The lowest BCUT2D eigenvalue weighted by Crippen LogP contribution is -2.26. The van der Waals surface area contributed by atoms with Crippen LogP contribution in [0, 0.1) is 0 Å². The highest BCUT2D eigenvalue weighted by atomic mass is 79.9. The van der Waals surface area contributed by atoms with Gasteiger partial charge in [0.25, 0.3) is 0 Å². The lowest BCUT2D eigenvalue weighted by Gasteiger charge is -2.17. The number of hydrogen-bond donors (Lipinski definition) is 1. The van der Waals surface area contributed by atoms with Crippen molar-refractivity contribution < 1.29 is 17.7 Å². The molecule has 0 aliphatic carbocycles. The molecule has 0 spiro atoms. The second-order valence-electron chi connectivity index (χ2n) is 6.33. The Kier molecular flexibility index (Phi) is 6.96. The van der Waals surface area contributed by atoms with Crippen LogP contribution in [-0.2, 0) is 21.4 Å². The van der Waals surface area contributed by atoms with Gasteiger partial charge in [-0.2, -0.15) is 9.29 Å². The maximum atomic E-state index is 13.0. The summed E-state index contributed by atoms with van der Waals surface area (Å²) < 4.78 is 33.2. The molecule has 30 heavy (non-hydrogen) atoms. The molecule has 1 heterocycles. The van der Waals surface area contributed by atoms with Gasteiger partial charge in [0.05, 0.1) is 17.1 Å². The van der Waals surface area contributed by atoms with Crippen LogP contribution in [0.1, 0.15) is 12.8 Å². The summed E-state index contributed by atoms with van der Waals surface area (Å²) in [6.45, 7) is 1.28. The molecule has 1 N–H and O–H groups in total. The minimum atomic E-state index is -3.85. The van der Waals surface area contributed by atoms with Gasteiger partial charge < -0.3 is 9.84 Å². The van der Waals surface area contributed by atoms with Crippen LogP contribution in [0.3, 0.4) is 0 Å². The third kappa shape index (κ3) is 5.09. The van der Waals surface area contributed by atoms with Crippen molar-refractivity contribution >= 4 is 49.3 Å². The van der Waals surface area contributed by atoms with Crippen molar-refractivity contribution in [1.82, 2.24) is 14.4 Å². The van der Waals surface area contributed by atoms with Crippen LogP contribution in [0.4, 0.5) is 5.69 Å². The van der Waals surface area contributed by atoms with Crippen LogP contribution in [0.25, 0.3) is 11.4 Å². The van der Waals surface area contributed by atoms with Crippen LogP contribution < -0.4 is 5.32 Å². The molecule has 3 rings (SSSR count). The van der Waals surface area contributed by atoms with Crippen molar-refractivity contribution in [3.8, 4) is 11.4 Å². The molecule has 2 aromatic carbocycles. The van der Waals surface area contributed by atoms with E-state index in [1.54, 1.807) is 6.07 Å². The number of rotatable bonds is 7. The molecule has 0 aliphatic rings. The fourth-order valence-corrected chi connectivity index (χ4v) is 4.73. The summed E-state index contributed by atoms with van der Waals surface area (Å²) in [5.41, 5.74) is 1.19. The third-order valence-electron chi connectivity index (χ3n) is 4.10. The number of hydrogen-bond acceptors (Lipinski definition) is 7. The summed E-state index contributed by atoms with van der Waals surface area (Å²) in [5, 5.41) is 6.59. The Bertz CT molecular complexity index is 1180. The predicted molar refractivity (Wildman–Crippen MR) is 119 cm³/mol. The largest absolute Gasteiger partial charge is 0.338 e. The fraction of sp³-hybridized carbons (Fsp3) is 0.211. The molecule has 3 aromatic rings. The van der Waals surface area contributed by atoms with Gasteiger partial charge >= 0.3 is 0 Å². The quantitative estimate of drug-likeness (QED) is 0.478. The SMILES string of the molecule is CSc1ccc(S(=O)(=O)N(C)Cc2nc(-c3cccc(Br)c3)no2)cc1NC(C)=O. The number of nitrogens with one attached hydrogen (secondary N) is 1. The van der Waals surface area contributed by atoms with E-state index in [1.165, 1.54) is 37.9 Å². The van der Waals surface area contributed by atoms with Crippen molar-refractivity contribution in [3.63, 3.8) is 0 Å². The number of aromatic nitrogens is 2. The van der Waals surface area contributed by atoms with E-state index in [1.807, 2.05) is 30.5 Å². The summed E-state index contributed by atoms with van der Waals surface area (Å²) in [6, 6.07) is 12.0. The molecular formula is C19H19BrN4O4S2. The number of thioether (sulfide) groups is 1. The van der Waals surface area contributed by atoms with Crippen LogP contribution in [0.15, 0.2) is 61.3 Å². The minimum Gasteiger partial charge on any atom is -0.338 e.